The molecule has 1 aromatic carbocycles. The Labute approximate surface area is 145 Å². The molecular formula is C18H20FN5O. The van der Waals surface area contributed by atoms with Crippen LogP contribution >= 0.6 is 0 Å². The van der Waals surface area contributed by atoms with E-state index in [4.69, 9.17) is 0 Å². The van der Waals surface area contributed by atoms with E-state index >= 15 is 0 Å². The van der Waals surface area contributed by atoms with Gasteiger partial charge < -0.3 is 5.32 Å². The summed E-state index contributed by atoms with van der Waals surface area (Å²) in [7, 11) is 1.77. The molecule has 0 fully saturated rings. The normalized spacial score (nSPS) is 10.9. The molecule has 3 rings (SSSR count). The van der Waals surface area contributed by atoms with E-state index in [1.165, 1.54) is 6.07 Å². The van der Waals surface area contributed by atoms with Crippen molar-refractivity contribution in [3.05, 3.63) is 64.5 Å². The number of hydrogen-bond acceptors (Lipinski definition) is 3. The molecule has 0 atom stereocenters. The first kappa shape index (κ1) is 16.9. The highest BCUT2D eigenvalue weighted by atomic mass is 19.1. The molecule has 0 aliphatic rings. The summed E-state index contributed by atoms with van der Waals surface area (Å²) in [6.45, 7) is 5.76. The summed E-state index contributed by atoms with van der Waals surface area (Å²) in [4.78, 5) is 12.5. The second-order valence-electron chi connectivity index (χ2n) is 6.05. The molecule has 0 spiro atoms. The van der Waals surface area contributed by atoms with Crippen LogP contribution in [0.2, 0.25) is 0 Å². The van der Waals surface area contributed by atoms with Crippen LogP contribution in [0, 0.1) is 26.6 Å². The molecule has 3 aromatic rings. The van der Waals surface area contributed by atoms with E-state index in [-0.39, 0.29) is 11.7 Å². The van der Waals surface area contributed by atoms with E-state index in [9.17, 15) is 9.18 Å². The molecule has 0 unspecified atom stereocenters. The number of hydrogen-bond donors (Lipinski definition) is 1. The number of aryl methyl sites for hydroxylation is 3. The standard InChI is InChI=1S/C18H20FN5O/c1-11-15(10-23(4)21-11)18(25)20-17-12(2)22-24(13(17)3)9-14-7-5-6-8-16(14)19/h5-8,10H,9H2,1-4H3,(H,20,25). The number of carbonyl (C=O) groups excluding carboxylic acids is 1. The molecule has 0 saturated heterocycles. The first-order valence-electron chi connectivity index (χ1n) is 7.96. The largest absolute Gasteiger partial charge is 0.319 e. The highest BCUT2D eigenvalue weighted by Gasteiger charge is 2.18. The van der Waals surface area contributed by atoms with E-state index in [1.807, 2.05) is 13.8 Å². The maximum atomic E-state index is 13.9. The number of amides is 1. The minimum atomic E-state index is -0.272. The fraction of sp³-hybridized carbons (Fsp3) is 0.278. The van der Waals surface area contributed by atoms with E-state index < -0.39 is 0 Å². The van der Waals surface area contributed by atoms with Crippen LogP contribution in [0.5, 0.6) is 0 Å². The van der Waals surface area contributed by atoms with Gasteiger partial charge in [0.25, 0.3) is 5.91 Å². The second kappa shape index (κ2) is 6.51. The van der Waals surface area contributed by atoms with Crippen LogP contribution < -0.4 is 5.32 Å². The van der Waals surface area contributed by atoms with Crippen LogP contribution in [0.4, 0.5) is 10.1 Å². The van der Waals surface area contributed by atoms with Crippen molar-refractivity contribution in [1.82, 2.24) is 19.6 Å². The summed E-state index contributed by atoms with van der Waals surface area (Å²) >= 11 is 0. The van der Waals surface area contributed by atoms with Gasteiger partial charge in [0.15, 0.2) is 0 Å². The Hall–Kier alpha value is -2.96. The summed E-state index contributed by atoms with van der Waals surface area (Å²) < 4.78 is 17.2. The molecule has 7 heteroatoms. The third kappa shape index (κ3) is 3.31. The molecule has 2 heterocycles. The number of aromatic nitrogens is 4. The first-order valence-corrected chi connectivity index (χ1v) is 7.96. The lowest BCUT2D eigenvalue weighted by Gasteiger charge is -2.07. The van der Waals surface area contributed by atoms with Gasteiger partial charge in [-0.15, -0.1) is 0 Å². The minimum Gasteiger partial charge on any atom is -0.319 e. The number of anilines is 1. The Morgan fingerprint density at radius 3 is 2.52 bits per heavy atom. The second-order valence-corrected chi connectivity index (χ2v) is 6.05. The number of benzene rings is 1. The Morgan fingerprint density at radius 2 is 1.88 bits per heavy atom. The predicted octanol–water partition coefficient (Wildman–Crippen LogP) is 2.98. The summed E-state index contributed by atoms with van der Waals surface area (Å²) in [6, 6.07) is 6.60. The summed E-state index contributed by atoms with van der Waals surface area (Å²) in [5, 5.41) is 11.5. The van der Waals surface area contributed by atoms with Crippen molar-refractivity contribution in [2.45, 2.75) is 27.3 Å². The molecule has 1 N–H and O–H groups in total. The number of carbonyl (C=O) groups is 1. The van der Waals surface area contributed by atoms with Gasteiger partial charge >= 0.3 is 0 Å². The number of rotatable bonds is 4. The van der Waals surface area contributed by atoms with E-state index in [2.05, 4.69) is 15.5 Å². The van der Waals surface area contributed by atoms with Crippen molar-refractivity contribution in [2.24, 2.45) is 7.05 Å². The average Bonchev–Trinajstić information content (AvgIpc) is 3.03. The van der Waals surface area contributed by atoms with Crippen LogP contribution in [0.25, 0.3) is 0 Å². The third-order valence-corrected chi connectivity index (χ3v) is 4.16. The van der Waals surface area contributed by atoms with Crippen molar-refractivity contribution in [3.63, 3.8) is 0 Å². The maximum Gasteiger partial charge on any atom is 0.259 e. The Morgan fingerprint density at radius 1 is 1.16 bits per heavy atom. The van der Waals surface area contributed by atoms with Gasteiger partial charge in [-0.05, 0) is 26.8 Å². The predicted molar refractivity (Wildman–Crippen MR) is 93.1 cm³/mol. The molecule has 1 amide bonds. The quantitative estimate of drug-likeness (QED) is 0.793. The molecule has 0 saturated carbocycles. The molecule has 0 bridgehead atoms. The van der Waals surface area contributed by atoms with Gasteiger partial charge in [0.05, 0.1) is 34.9 Å². The third-order valence-electron chi connectivity index (χ3n) is 4.16. The van der Waals surface area contributed by atoms with Gasteiger partial charge in [-0.3, -0.25) is 14.2 Å². The molecular weight excluding hydrogens is 321 g/mol. The zero-order valence-corrected chi connectivity index (χ0v) is 14.7. The summed E-state index contributed by atoms with van der Waals surface area (Å²) in [5.74, 6) is -0.506. The first-order chi connectivity index (χ1) is 11.9. The SMILES string of the molecule is Cc1nn(C)cc1C(=O)Nc1c(C)nn(Cc2ccccc2F)c1C. The fourth-order valence-corrected chi connectivity index (χ4v) is 2.82. The van der Waals surface area contributed by atoms with Crippen LogP contribution in [-0.4, -0.2) is 25.5 Å². The van der Waals surface area contributed by atoms with Crippen molar-refractivity contribution in [1.29, 1.82) is 0 Å². The maximum absolute atomic E-state index is 13.9. The summed E-state index contributed by atoms with van der Waals surface area (Å²) in [5.41, 5.74) is 3.83. The Bertz CT molecular complexity index is 941. The van der Waals surface area contributed by atoms with Gasteiger partial charge in [-0.2, -0.15) is 10.2 Å². The van der Waals surface area contributed by atoms with E-state index in [0.717, 1.165) is 5.69 Å². The number of halogens is 1. The van der Waals surface area contributed by atoms with Crippen LogP contribution in [0.3, 0.4) is 0 Å². The van der Waals surface area contributed by atoms with Crippen LogP contribution in [0.1, 0.15) is 33.0 Å². The van der Waals surface area contributed by atoms with Gasteiger partial charge in [0.2, 0.25) is 0 Å². The lowest BCUT2D eigenvalue weighted by molar-refractivity contribution is 0.102. The lowest BCUT2D eigenvalue weighted by Crippen LogP contribution is -2.14. The van der Waals surface area contributed by atoms with Crippen molar-refractivity contribution in [2.75, 3.05) is 5.32 Å². The average molecular weight is 341 g/mol. The highest BCUT2D eigenvalue weighted by Crippen LogP contribution is 2.22. The monoisotopic (exact) mass is 341 g/mol. The molecule has 130 valence electrons. The van der Waals surface area contributed by atoms with Gasteiger partial charge in [-0.25, -0.2) is 4.39 Å². The lowest BCUT2D eigenvalue weighted by atomic mass is 10.2. The highest BCUT2D eigenvalue weighted by molar-refractivity contribution is 6.05. The number of nitrogens with one attached hydrogen (secondary N) is 1. The molecule has 25 heavy (non-hydrogen) atoms. The molecule has 6 nitrogen and oxygen atoms in total. The fourth-order valence-electron chi connectivity index (χ4n) is 2.82. The minimum absolute atomic E-state index is 0.234. The summed E-state index contributed by atoms with van der Waals surface area (Å²) in [6.07, 6.45) is 1.68. The molecule has 2 aromatic heterocycles. The van der Waals surface area contributed by atoms with Crippen molar-refractivity contribution in [3.8, 4) is 0 Å². The Kier molecular flexibility index (Phi) is 4.39. The van der Waals surface area contributed by atoms with Gasteiger partial charge in [0, 0.05) is 18.8 Å². The van der Waals surface area contributed by atoms with Gasteiger partial charge in [-0.1, -0.05) is 18.2 Å². The number of nitrogens with zero attached hydrogens (tertiary/aromatic N) is 4. The van der Waals surface area contributed by atoms with E-state index in [0.29, 0.717) is 34.7 Å². The van der Waals surface area contributed by atoms with Crippen LogP contribution in [-0.2, 0) is 13.6 Å². The molecule has 0 radical (unpaired) electrons. The zero-order chi connectivity index (χ0) is 18.1. The topological polar surface area (TPSA) is 64.7 Å². The molecule has 0 aliphatic heterocycles. The Balaban J connectivity index is 1.86. The molecule has 0 aliphatic carbocycles. The van der Waals surface area contributed by atoms with Crippen molar-refractivity contribution < 1.29 is 9.18 Å². The van der Waals surface area contributed by atoms with Gasteiger partial charge in [0.1, 0.15) is 5.82 Å². The van der Waals surface area contributed by atoms with Crippen LogP contribution in [0.15, 0.2) is 30.5 Å². The van der Waals surface area contributed by atoms with Crippen molar-refractivity contribution >= 4 is 11.6 Å². The zero-order valence-electron chi connectivity index (χ0n) is 14.7. The van der Waals surface area contributed by atoms with E-state index in [1.54, 1.807) is 47.7 Å². The smallest absolute Gasteiger partial charge is 0.259 e.